The molecule has 0 saturated heterocycles. The molecule has 1 atom stereocenters. The summed E-state index contributed by atoms with van der Waals surface area (Å²) in [6, 6.07) is 7.02. The average molecular weight is 375 g/mol. The standard InChI is InChI=1S/C18H21N3O4S/c1-10(2)19-18(24)21-15(22)12(4)25-17(23)14-9-26-16(20-14)13-7-5-11(3)6-8-13/h5-10,12H,1-4H3,(H2,19,21,22,24). The Morgan fingerprint density at radius 2 is 1.77 bits per heavy atom. The molecule has 26 heavy (non-hydrogen) atoms. The maximum atomic E-state index is 12.2. The largest absolute Gasteiger partial charge is 0.448 e. The zero-order valence-electron chi connectivity index (χ0n) is 15.0. The van der Waals surface area contributed by atoms with Gasteiger partial charge >= 0.3 is 12.0 Å². The van der Waals surface area contributed by atoms with Crippen LogP contribution in [0.15, 0.2) is 29.6 Å². The SMILES string of the molecule is Cc1ccc(-c2nc(C(=O)OC(C)C(=O)NC(=O)NC(C)C)cs2)cc1. The number of esters is 1. The Morgan fingerprint density at radius 1 is 1.12 bits per heavy atom. The summed E-state index contributed by atoms with van der Waals surface area (Å²) >= 11 is 1.31. The van der Waals surface area contributed by atoms with Crippen molar-refractivity contribution in [2.24, 2.45) is 0 Å². The molecule has 8 heteroatoms. The number of benzene rings is 1. The number of amides is 3. The summed E-state index contributed by atoms with van der Waals surface area (Å²) < 4.78 is 5.09. The number of ether oxygens (including phenoxy) is 1. The summed E-state index contributed by atoms with van der Waals surface area (Å²) in [4.78, 5) is 39.8. The fourth-order valence-electron chi connectivity index (χ4n) is 1.98. The summed E-state index contributed by atoms with van der Waals surface area (Å²) in [6.45, 7) is 6.91. The van der Waals surface area contributed by atoms with Gasteiger partial charge in [-0.1, -0.05) is 29.8 Å². The molecule has 2 rings (SSSR count). The number of aryl methyl sites for hydroxylation is 1. The van der Waals surface area contributed by atoms with E-state index in [9.17, 15) is 14.4 Å². The molecule has 1 aromatic heterocycles. The van der Waals surface area contributed by atoms with E-state index < -0.39 is 24.0 Å². The third-order valence-corrected chi connectivity index (χ3v) is 4.21. The van der Waals surface area contributed by atoms with Crippen molar-refractivity contribution in [3.63, 3.8) is 0 Å². The van der Waals surface area contributed by atoms with Crippen molar-refractivity contribution in [3.8, 4) is 10.6 Å². The Balaban J connectivity index is 1.96. The molecule has 0 aliphatic carbocycles. The molecule has 2 aromatic rings. The highest BCUT2D eigenvalue weighted by atomic mass is 32.1. The van der Waals surface area contributed by atoms with Crippen molar-refractivity contribution in [2.75, 3.05) is 0 Å². The van der Waals surface area contributed by atoms with E-state index in [1.165, 1.54) is 18.3 Å². The topological polar surface area (TPSA) is 97.4 Å². The van der Waals surface area contributed by atoms with Crippen LogP contribution in [0.5, 0.6) is 0 Å². The maximum Gasteiger partial charge on any atom is 0.358 e. The highest BCUT2D eigenvalue weighted by molar-refractivity contribution is 7.13. The Hall–Kier alpha value is -2.74. The molecule has 1 heterocycles. The van der Waals surface area contributed by atoms with E-state index in [1.54, 1.807) is 19.2 Å². The van der Waals surface area contributed by atoms with Crippen LogP contribution in [-0.2, 0) is 9.53 Å². The van der Waals surface area contributed by atoms with Gasteiger partial charge in [0.05, 0.1) is 0 Å². The number of carbonyl (C=O) groups is 3. The summed E-state index contributed by atoms with van der Waals surface area (Å²) in [5, 5.41) is 6.90. The Kier molecular flexibility index (Phi) is 6.46. The minimum Gasteiger partial charge on any atom is -0.448 e. The summed E-state index contributed by atoms with van der Waals surface area (Å²) in [5.41, 5.74) is 2.15. The molecular weight excluding hydrogens is 354 g/mol. The average Bonchev–Trinajstić information content (AvgIpc) is 3.04. The molecule has 0 radical (unpaired) electrons. The molecule has 0 aliphatic rings. The second kappa shape index (κ2) is 8.57. The predicted octanol–water partition coefficient (Wildman–Crippen LogP) is 2.90. The number of carbonyl (C=O) groups excluding carboxylic acids is 3. The monoisotopic (exact) mass is 375 g/mol. The highest BCUT2D eigenvalue weighted by Gasteiger charge is 2.22. The molecule has 3 amide bonds. The highest BCUT2D eigenvalue weighted by Crippen LogP contribution is 2.24. The first-order valence-electron chi connectivity index (χ1n) is 8.11. The third-order valence-electron chi connectivity index (χ3n) is 3.32. The van der Waals surface area contributed by atoms with E-state index in [0.717, 1.165) is 11.1 Å². The fraction of sp³-hybridized carbons (Fsp3) is 0.333. The van der Waals surface area contributed by atoms with Crippen LogP contribution in [0.1, 0.15) is 36.8 Å². The summed E-state index contributed by atoms with van der Waals surface area (Å²) in [6.07, 6.45) is -1.12. The molecular formula is C18H21N3O4S. The molecule has 0 spiro atoms. The maximum absolute atomic E-state index is 12.2. The first kappa shape index (κ1) is 19.6. The van der Waals surface area contributed by atoms with Crippen LogP contribution in [0.3, 0.4) is 0 Å². The minimum absolute atomic E-state index is 0.115. The lowest BCUT2D eigenvalue weighted by atomic mass is 10.2. The molecule has 0 fully saturated rings. The third kappa shape index (κ3) is 5.38. The van der Waals surface area contributed by atoms with Gasteiger partial charge in [-0.05, 0) is 27.7 Å². The lowest BCUT2D eigenvalue weighted by Gasteiger charge is -2.13. The Bertz CT molecular complexity index is 799. The van der Waals surface area contributed by atoms with Gasteiger partial charge in [-0.25, -0.2) is 14.6 Å². The summed E-state index contributed by atoms with van der Waals surface area (Å²) in [5.74, 6) is -1.42. The Morgan fingerprint density at radius 3 is 2.38 bits per heavy atom. The predicted molar refractivity (Wildman–Crippen MR) is 99.0 cm³/mol. The second-order valence-electron chi connectivity index (χ2n) is 6.07. The molecule has 7 nitrogen and oxygen atoms in total. The molecule has 1 unspecified atom stereocenters. The van der Waals surface area contributed by atoms with Crippen LogP contribution < -0.4 is 10.6 Å². The lowest BCUT2D eigenvalue weighted by molar-refractivity contribution is -0.127. The number of nitrogens with zero attached hydrogens (tertiary/aromatic N) is 1. The number of imide groups is 1. The number of hydrogen-bond donors (Lipinski definition) is 2. The summed E-state index contributed by atoms with van der Waals surface area (Å²) in [7, 11) is 0. The number of aromatic nitrogens is 1. The van der Waals surface area contributed by atoms with E-state index in [4.69, 9.17) is 4.74 Å². The number of rotatable bonds is 5. The van der Waals surface area contributed by atoms with Crippen LogP contribution in [0, 0.1) is 6.92 Å². The van der Waals surface area contributed by atoms with E-state index in [0.29, 0.717) is 5.01 Å². The number of urea groups is 1. The van der Waals surface area contributed by atoms with E-state index in [-0.39, 0.29) is 11.7 Å². The number of nitrogens with one attached hydrogen (secondary N) is 2. The van der Waals surface area contributed by atoms with Crippen molar-refractivity contribution >= 4 is 29.2 Å². The molecule has 2 N–H and O–H groups in total. The normalized spacial score (nSPS) is 11.7. The van der Waals surface area contributed by atoms with Crippen LogP contribution in [0.4, 0.5) is 4.79 Å². The second-order valence-corrected chi connectivity index (χ2v) is 6.93. The lowest BCUT2D eigenvalue weighted by Crippen LogP contribution is -2.46. The van der Waals surface area contributed by atoms with Gasteiger partial charge in [0.1, 0.15) is 5.01 Å². The van der Waals surface area contributed by atoms with Gasteiger partial charge in [0.25, 0.3) is 5.91 Å². The van der Waals surface area contributed by atoms with Crippen molar-refractivity contribution in [1.82, 2.24) is 15.6 Å². The van der Waals surface area contributed by atoms with Gasteiger partial charge < -0.3 is 10.1 Å². The number of hydrogen-bond acceptors (Lipinski definition) is 6. The van der Waals surface area contributed by atoms with Gasteiger partial charge in [-0.2, -0.15) is 0 Å². The molecule has 0 aliphatic heterocycles. The molecule has 1 aromatic carbocycles. The van der Waals surface area contributed by atoms with Crippen molar-refractivity contribution < 1.29 is 19.1 Å². The van der Waals surface area contributed by atoms with Gasteiger partial charge in [0, 0.05) is 17.0 Å². The van der Waals surface area contributed by atoms with Crippen LogP contribution in [0.25, 0.3) is 10.6 Å². The van der Waals surface area contributed by atoms with E-state index >= 15 is 0 Å². The van der Waals surface area contributed by atoms with Gasteiger partial charge in [0.2, 0.25) is 0 Å². The molecule has 0 bridgehead atoms. The minimum atomic E-state index is -1.12. The fourth-order valence-corrected chi connectivity index (χ4v) is 2.78. The van der Waals surface area contributed by atoms with Gasteiger partial charge in [-0.15, -0.1) is 11.3 Å². The van der Waals surface area contributed by atoms with E-state index in [2.05, 4.69) is 15.6 Å². The van der Waals surface area contributed by atoms with E-state index in [1.807, 2.05) is 31.2 Å². The first-order chi connectivity index (χ1) is 12.3. The van der Waals surface area contributed by atoms with Gasteiger partial charge in [0.15, 0.2) is 11.8 Å². The molecule has 138 valence electrons. The van der Waals surface area contributed by atoms with Crippen molar-refractivity contribution in [3.05, 3.63) is 40.9 Å². The van der Waals surface area contributed by atoms with Crippen molar-refractivity contribution in [1.29, 1.82) is 0 Å². The smallest absolute Gasteiger partial charge is 0.358 e. The van der Waals surface area contributed by atoms with Gasteiger partial charge in [-0.3, -0.25) is 10.1 Å². The molecule has 0 saturated carbocycles. The zero-order chi connectivity index (χ0) is 19.3. The quantitative estimate of drug-likeness (QED) is 0.783. The number of thiazole rings is 1. The first-order valence-corrected chi connectivity index (χ1v) is 8.99. The van der Waals surface area contributed by atoms with Crippen LogP contribution in [-0.4, -0.2) is 35.0 Å². The van der Waals surface area contributed by atoms with Crippen molar-refractivity contribution in [2.45, 2.75) is 39.8 Å². The Labute approximate surface area is 155 Å². The van der Waals surface area contributed by atoms with Crippen LogP contribution in [0.2, 0.25) is 0 Å². The zero-order valence-corrected chi connectivity index (χ0v) is 15.8. The van der Waals surface area contributed by atoms with Crippen LogP contribution >= 0.6 is 11.3 Å².